The molecule has 6 rings (SSSR count). The SMILES string of the molecule is Cn1cc2cc(Oc3ccc(C(F)(F)F)cc3)cc([C@@H]3C[C@H]3C(=O)NC3CC4(CC(O)C4)C3)c2n1. The molecule has 0 radical (unpaired) electrons. The first-order valence-corrected chi connectivity index (χ1v) is 11.9. The number of aliphatic hydroxyl groups is 1. The summed E-state index contributed by atoms with van der Waals surface area (Å²) in [6.45, 7) is 0. The molecule has 0 aliphatic heterocycles. The lowest BCUT2D eigenvalue weighted by molar-refractivity contribution is -0.137. The summed E-state index contributed by atoms with van der Waals surface area (Å²) in [4.78, 5) is 12.9. The molecular weight excluding hydrogens is 459 g/mol. The van der Waals surface area contributed by atoms with Gasteiger partial charge in [0, 0.05) is 30.6 Å². The average molecular weight is 486 g/mol. The molecule has 6 nitrogen and oxygen atoms in total. The van der Waals surface area contributed by atoms with Crippen molar-refractivity contribution in [2.45, 2.75) is 56.3 Å². The number of nitrogens with zero attached hydrogens (tertiary/aromatic N) is 2. The zero-order valence-corrected chi connectivity index (χ0v) is 19.2. The van der Waals surface area contributed by atoms with Gasteiger partial charge in [0.05, 0.1) is 17.2 Å². The van der Waals surface area contributed by atoms with Gasteiger partial charge in [-0.3, -0.25) is 9.48 Å². The number of rotatable bonds is 5. The van der Waals surface area contributed by atoms with E-state index < -0.39 is 11.7 Å². The molecule has 3 fully saturated rings. The molecule has 0 bridgehead atoms. The lowest BCUT2D eigenvalue weighted by Crippen LogP contribution is -2.57. The number of amides is 1. The van der Waals surface area contributed by atoms with Crippen LogP contribution in [0.2, 0.25) is 0 Å². The van der Waals surface area contributed by atoms with Crippen molar-refractivity contribution in [1.82, 2.24) is 15.1 Å². The summed E-state index contributed by atoms with van der Waals surface area (Å²) < 4.78 is 46.2. The number of halogens is 3. The summed E-state index contributed by atoms with van der Waals surface area (Å²) >= 11 is 0. The minimum Gasteiger partial charge on any atom is -0.457 e. The van der Waals surface area contributed by atoms with E-state index in [4.69, 9.17) is 4.74 Å². The van der Waals surface area contributed by atoms with Crippen molar-refractivity contribution < 1.29 is 27.8 Å². The molecule has 3 aromatic rings. The second kappa shape index (κ2) is 7.71. The first kappa shape index (κ1) is 22.4. The largest absolute Gasteiger partial charge is 0.457 e. The van der Waals surface area contributed by atoms with Crippen molar-refractivity contribution in [3.63, 3.8) is 0 Å². The fraction of sp³-hybridized carbons (Fsp3) is 0.462. The van der Waals surface area contributed by atoms with Crippen LogP contribution in [-0.2, 0) is 18.0 Å². The minimum atomic E-state index is -4.40. The van der Waals surface area contributed by atoms with E-state index in [-0.39, 0.29) is 35.3 Å². The number of hydrogen-bond acceptors (Lipinski definition) is 4. The van der Waals surface area contributed by atoms with Crippen LogP contribution in [0.5, 0.6) is 11.5 Å². The summed E-state index contributed by atoms with van der Waals surface area (Å²) in [5, 5.41) is 18.2. The summed E-state index contributed by atoms with van der Waals surface area (Å²) in [7, 11) is 1.82. The van der Waals surface area contributed by atoms with Crippen molar-refractivity contribution in [3.05, 3.63) is 53.7 Å². The number of nitrogens with one attached hydrogen (secondary N) is 1. The first-order chi connectivity index (χ1) is 16.6. The fourth-order valence-corrected chi connectivity index (χ4v) is 5.94. The molecule has 1 spiro atoms. The zero-order valence-electron chi connectivity index (χ0n) is 19.2. The Kier molecular flexibility index (Phi) is 4.94. The Morgan fingerprint density at radius 3 is 2.51 bits per heavy atom. The highest BCUT2D eigenvalue weighted by Gasteiger charge is 2.54. The van der Waals surface area contributed by atoms with Crippen molar-refractivity contribution in [1.29, 1.82) is 0 Å². The van der Waals surface area contributed by atoms with Crippen LogP contribution in [0.15, 0.2) is 42.6 Å². The van der Waals surface area contributed by atoms with Gasteiger partial charge in [0.25, 0.3) is 0 Å². The van der Waals surface area contributed by atoms with Crippen LogP contribution in [0, 0.1) is 11.3 Å². The van der Waals surface area contributed by atoms with Crippen LogP contribution in [0.25, 0.3) is 10.9 Å². The molecular formula is C26H26F3N3O3. The molecule has 3 saturated carbocycles. The van der Waals surface area contributed by atoms with Crippen molar-refractivity contribution in [2.24, 2.45) is 18.4 Å². The fourth-order valence-electron chi connectivity index (χ4n) is 5.94. The van der Waals surface area contributed by atoms with Gasteiger partial charge in [-0.1, -0.05) is 0 Å². The van der Waals surface area contributed by atoms with Gasteiger partial charge in [-0.05, 0) is 85.4 Å². The number of aryl methyl sites for hydroxylation is 1. The van der Waals surface area contributed by atoms with E-state index in [0.29, 0.717) is 11.5 Å². The topological polar surface area (TPSA) is 76.4 Å². The van der Waals surface area contributed by atoms with E-state index in [2.05, 4.69) is 10.4 Å². The third-order valence-corrected chi connectivity index (χ3v) is 7.71. The van der Waals surface area contributed by atoms with Gasteiger partial charge >= 0.3 is 6.18 Å². The Bertz CT molecular complexity index is 1290. The molecule has 0 saturated heterocycles. The van der Waals surface area contributed by atoms with Crippen LogP contribution in [0.4, 0.5) is 13.2 Å². The van der Waals surface area contributed by atoms with Crippen LogP contribution < -0.4 is 10.1 Å². The second-order valence-electron chi connectivity index (χ2n) is 10.5. The Labute approximate surface area is 200 Å². The standard InChI is InChI=1S/C26H26F3N3O3/c1-32-13-14-6-19(35-18-4-2-15(3-5-18)26(27,28)29)7-21(23(14)31-32)20-8-22(20)24(34)30-16-9-25(10-16)11-17(33)12-25/h2-7,13,16-17,20,22,33H,8-12H2,1H3,(H,30,34)/t16?,17?,20-,22+,25?/m0/s1. The molecule has 9 heteroatoms. The number of benzene rings is 2. The van der Waals surface area contributed by atoms with E-state index in [1.165, 1.54) is 12.1 Å². The quantitative estimate of drug-likeness (QED) is 0.539. The molecule has 184 valence electrons. The van der Waals surface area contributed by atoms with Crippen LogP contribution in [0.1, 0.15) is 49.1 Å². The van der Waals surface area contributed by atoms with Gasteiger partial charge in [0.15, 0.2) is 0 Å². The van der Waals surface area contributed by atoms with Crippen molar-refractivity contribution in [3.8, 4) is 11.5 Å². The Balaban J connectivity index is 1.17. The third kappa shape index (κ3) is 4.16. The molecule has 2 atom stereocenters. The highest BCUT2D eigenvalue weighted by Crippen LogP contribution is 2.56. The number of hydrogen-bond donors (Lipinski definition) is 2. The van der Waals surface area contributed by atoms with Gasteiger partial charge in [-0.15, -0.1) is 0 Å². The Morgan fingerprint density at radius 1 is 1.14 bits per heavy atom. The van der Waals surface area contributed by atoms with Crippen LogP contribution in [-0.4, -0.2) is 32.9 Å². The number of carbonyl (C=O) groups excluding carboxylic acids is 1. The zero-order chi connectivity index (χ0) is 24.5. The van der Waals surface area contributed by atoms with E-state index >= 15 is 0 Å². The smallest absolute Gasteiger partial charge is 0.416 e. The average Bonchev–Trinajstić information content (AvgIpc) is 3.45. The highest BCUT2D eigenvalue weighted by molar-refractivity contribution is 5.88. The predicted molar refractivity (Wildman–Crippen MR) is 122 cm³/mol. The van der Waals surface area contributed by atoms with Gasteiger partial charge in [0.2, 0.25) is 5.91 Å². The lowest BCUT2D eigenvalue weighted by Gasteiger charge is -2.56. The molecule has 3 aliphatic carbocycles. The molecule has 1 amide bonds. The summed E-state index contributed by atoms with van der Waals surface area (Å²) in [6.07, 6.45) is 1.55. The number of aliphatic hydroxyl groups excluding tert-OH is 1. The highest BCUT2D eigenvalue weighted by atomic mass is 19.4. The second-order valence-corrected chi connectivity index (χ2v) is 10.5. The van der Waals surface area contributed by atoms with Crippen molar-refractivity contribution >= 4 is 16.8 Å². The molecule has 0 unspecified atom stereocenters. The van der Waals surface area contributed by atoms with E-state index in [1.54, 1.807) is 4.68 Å². The van der Waals surface area contributed by atoms with E-state index in [1.807, 2.05) is 25.4 Å². The maximum Gasteiger partial charge on any atom is 0.416 e. The Morgan fingerprint density at radius 2 is 1.86 bits per heavy atom. The van der Waals surface area contributed by atoms with Gasteiger partial charge in [0.1, 0.15) is 11.5 Å². The minimum absolute atomic E-state index is 0.0168. The number of ether oxygens (including phenoxy) is 1. The monoisotopic (exact) mass is 485 g/mol. The summed E-state index contributed by atoms with van der Waals surface area (Å²) in [5.74, 6) is 0.731. The maximum absolute atomic E-state index is 12.9. The third-order valence-electron chi connectivity index (χ3n) is 7.71. The Hall–Kier alpha value is -3.07. The molecule has 1 aromatic heterocycles. The van der Waals surface area contributed by atoms with E-state index in [9.17, 15) is 23.1 Å². The van der Waals surface area contributed by atoms with Gasteiger partial charge in [-0.25, -0.2) is 0 Å². The maximum atomic E-state index is 12.9. The number of carbonyl (C=O) groups is 1. The van der Waals surface area contributed by atoms with Crippen molar-refractivity contribution in [2.75, 3.05) is 0 Å². The molecule has 35 heavy (non-hydrogen) atoms. The lowest BCUT2D eigenvalue weighted by atomic mass is 9.53. The van der Waals surface area contributed by atoms with Gasteiger partial charge < -0.3 is 15.2 Å². The molecule has 2 aromatic carbocycles. The van der Waals surface area contributed by atoms with Crippen LogP contribution >= 0.6 is 0 Å². The van der Waals surface area contributed by atoms with E-state index in [0.717, 1.165) is 60.7 Å². The first-order valence-electron chi connectivity index (χ1n) is 11.9. The van der Waals surface area contributed by atoms with Crippen LogP contribution in [0.3, 0.4) is 0 Å². The van der Waals surface area contributed by atoms with Gasteiger partial charge in [-0.2, -0.15) is 18.3 Å². The summed E-state index contributed by atoms with van der Waals surface area (Å²) in [6, 6.07) is 8.43. The molecule has 3 aliphatic rings. The number of fused-ring (bicyclic) bond motifs is 1. The normalized spacial score (nSPS) is 29.5. The predicted octanol–water partition coefficient (Wildman–Crippen LogP) is 4.91. The number of alkyl halides is 3. The number of aromatic nitrogens is 2. The molecule has 1 heterocycles. The molecule has 2 N–H and O–H groups in total. The summed E-state index contributed by atoms with van der Waals surface area (Å²) in [5.41, 5.74) is 1.23.